The molecule has 0 saturated carbocycles. The quantitative estimate of drug-likeness (QED) is 0.625. The van der Waals surface area contributed by atoms with E-state index in [-0.39, 0.29) is 23.7 Å². The molecule has 0 radical (unpaired) electrons. The minimum atomic E-state index is -0.250. The first-order valence-corrected chi connectivity index (χ1v) is 11.7. The van der Waals surface area contributed by atoms with Crippen LogP contribution in [-0.2, 0) is 17.8 Å². The highest BCUT2D eigenvalue weighted by molar-refractivity contribution is 5.79. The highest BCUT2D eigenvalue weighted by atomic mass is 19.1. The van der Waals surface area contributed by atoms with Crippen LogP contribution >= 0.6 is 0 Å². The molecule has 1 atom stereocenters. The molecule has 3 aromatic rings. The molecule has 1 N–H and O–H groups in total. The van der Waals surface area contributed by atoms with Crippen LogP contribution in [0.2, 0.25) is 0 Å². The zero-order valence-corrected chi connectivity index (χ0v) is 18.7. The van der Waals surface area contributed by atoms with E-state index in [1.165, 1.54) is 17.7 Å². The van der Waals surface area contributed by atoms with Crippen molar-refractivity contribution in [2.45, 2.75) is 44.7 Å². The topological polar surface area (TPSA) is 78.0 Å². The number of H-pyrrole nitrogens is 1. The molecule has 1 amide bonds. The first-order chi connectivity index (χ1) is 16.2. The van der Waals surface area contributed by atoms with Gasteiger partial charge in [0.05, 0.1) is 6.04 Å². The van der Waals surface area contributed by atoms with Gasteiger partial charge < -0.3 is 4.90 Å². The number of aromatic nitrogens is 4. The van der Waals surface area contributed by atoms with E-state index in [9.17, 15) is 9.18 Å². The number of hydrogen-bond acceptors (Lipinski definition) is 5. The summed E-state index contributed by atoms with van der Waals surface area (Å²) in [5.74, 6) is 1.48. The average molecular weight is 449 g/mol. The zero-order chi connectivity index (χ0) is 22.6. The number of carbonyl (C=O) groups is 1. The molecule has 2 aliphatic heterocycles. The fourth-order valence-electron chi connectivity index (χ4n) is 4.95. The molecule has 7 nitrogen and oxygen atoms in total. The molecule has 4 heterocycles. The number of amides is 1. The van der Waals surface area contributed by atoms with Gasteiger partial charge in [0.25, 0.3) is 0 Å². The van der Waals surface area contributed by atoms with Gasteiger partial charge in [0, 0.05) is 37.8 Å². The molecule has 33 heavy (non-hydrogen) atoms. The molecule has 5 rings (SSSR count). The lowest BCUT2D eigenvalue weighted by atomic mass is 9.94. The maximum atomic E-state index is 13.4. The van der Waals surface area contributed by atoms with Gasteiger partial charge in [-0.3, -0.25) is 19.8 Å². The third-order valence-corrected chi connectivity index (χ3v) is 6.76. The standard InChI is InChI=1S/C25H29FN6O/c26-21-5-3-18(4-6-21)16-23-28-24(30-29-23)22-2-1-13-32(22)25(33)20-9-14-31(15-10-20)17-19-7-11-27-12-8-19/h3-8,11-12,20,22H,1-2,9-10,13-17H2,(H,28,29,30). The smallest absolute Gasteiger partial charge is 0.226 e. The molecule has 1 unspecified atom stereocenters. The molecule has 172 valence electrons. The number of hydrogen-bond donors (Lipinski definition) is 1. The lowest BCUT2D eigenvalue weighted by Gasteiger charge is -2.34. The van der Waals surface area contributed by atoms with Crippen LogP contribution in [0.25, 0.3) is 0 Å². The van der Waals surface area contributed by atoms with Gasteiger partial charge in [-0.1, -0.05) is 12.1 Å². The number of aromatic amines is 1. The van der Waals surface area contributed by atoms with Crippen LogP contribution in [0.3, 0.4) is 0 Å². The molecular formula is C25H29FN6O. The van der Waals surface area contributed by atoms with Crippen LogP contribution in [0.1, 0.15) is 54.5 Å². The molecular weight excluding hydrogens is 419 g/mol. The predicted octanol–water partition coefficient (Wildman–Crippen LogP) is 3.51. The summed E-state index contributed by atoms with van der Waals surface area (Å²) in [7, 11) is 0. The Kier molecular flexibility index (Phi) is 6.44. The van der Waals surface area contributed by atoms with E-state index in [2.05, 4.69) is 25.1 Å². The van der Waals surface area contributed by atoms with E-state index in [0.717, 1.165) is 63.3 Å². The number of nitrogens with zero attached hydrogens (tertiary/aromatic N) is 5. The highest BCUT2D eigenvalue weighted by Crippen LogP contribution is 2.33. The van der Waals surface area contributed by atoms with E-state index >= 15 is 0 Å². The number of halogens is 1. The summed E-state index contributed by atoms with van der Waals surface area (Å²) in [6.07, 6.45) is 7.85. The Balaban J connectivity index is 1.18. The van der Waals surface area contributed by atoms with Crippen molar-refractivity contribution in [3.63, 3.8) is 0 Å². The number of likely N-dealkylation sites (tertiary alicyclic amines) is 2. The van der Waals surface area contributed by atoms with Crippen molar-refractivity contribution in [3.8, 4) is 0 Å². The third-order valence-electron chi connectivity index (χ3n) is 6.76. The minimum absolute atomic E-state index is 0.0643. The summed E-state index contributed by atoms with van der Waals surface area (Å²) >= 11 is 0. The predicted molar refractivity (Wildman–Crippen MR) is 122 cm³/mol. The van der Waals surface area contributed by atoms with Crippen molar-refractivity contribution in [3.05, 3.63) is 77.4 Å². The van der Waals surface area contributed by atoms with Gasteiger partial charge in [-0.2, -0.15) is 5.10 Å². The molecule has 0 spiro atoms. The van der Waals surface area contributed by atoms with Crippen LogP contribution in [0.15, 0.2) is 48.8 Å². The van der Waals surface area contributed by atoms with Crippen LogP contribution in [-0.4, -0.2) is 55.5 Å². The van der Waals surface area contributed by atoms with E-state index in [0.29, 0.717) is 12.2 Å². The Morgan fingerprint density at radius 3 is 2.52 bits per heavy atom. The summed E-state index contributed by atoms with van der Waals surface area (Å²) in [6, 6.07) is 10.4. The molecule has 2 aliphatic rings. The molecule has 2 fully saturated rings. The van der Waals surface area contributed by atoms with Gasteiger partial charge >= 0.3 is 0 Å². The summed E-state index contributed by atoms with van der Waals surface area (Å²) < 4.78 is 13.1. The Hall–Kier alpha value is -3.13. The van der Waals surface area contributed by atoms with Gasteiger partial charge in [-0.05, 0) is 74.2 Å². The fraction of sp³-hybridized carbons (Fsp3) is 0.440. The van der Waals surface area contributed by atoms with Crippen molar-refractivity contribution in [2.24, 2.45) is 5.92 Å². The van der Waals surface area contributed by atoms with Crippen LogP contribution in [0.5, 0.6) is 0 Å². The van der Waals surface area contributed by atoms with Gasteiger partial charge in [-0.15, -0.1) is 0 Å². The largest absolute Gasteiger partial charge is 0.332 e. The molecule has 0 aliphatic carbocycles. The molecule has 2 aromatic heterocycles. The maximum absolute atomic E-state index is 13.4. The first-order valence-electron chi connectivity index (χ1n) is 11.7. The number of piperidine rings is 1. The minimum Gasteiger partial charge on any atom is -0.332 e. The van der Waals surface area contributed by atoms with Crippen LogP contribution in [0.4, 0.5) is 4.39 Å². The monoisotopic (exact) mass is 448 g/mol. The number of carbonyl (C=O) groups excluding carboxylic acids is 1. The lowest BCUT2D eigenvalue weighted by Crippen LogP contribution is -2.42. The third kappa shape index (κ3) is 5.11. The Labute approximate surface area is 193 Å². The second kappa shape index (κ2) is 9.79. The van der Waals surface area contributed by atoms with Crippen LogP contribution in [0, 0.1) is 11.7 Å². The van der Waals surface area contributed by atoms with Crippen molar-refractivity contribution in [1.29, 1.82) is 0 Å². The normalized spacial score (nSPS) is 19.8. The zero-order valence-electron chi connectivity index (χ0n) is 18.7. The van der Waals surface area contributed by atoms with E-state index in [4.69, 9.17) is 0 Å². The van der Waals surface area contributed by atoms with Crippen molar-refractivity contribution in [1.82, 2.24) is 30.0 Å². The molecule has 8 heteroatoms. The van der Waals surface area contributed by atoms with Gasteiger partial charge in [0.2, 0.25) is 5.91 Å². The van der Waals surface area contributed by atoms with E-state index < -0.39 is 0 Å². The summed E-state index contributed by atoms with van der Waals surface area (Å²) in [6.45, 7) is 3.53. The van der Waals surface area contributed by atoms with Gasteiger partial charge in [0.15, 0.2) is 5.82 Å². The molecule has 1 aromatic carbocycles. The number of benzene rings is 1. The Bertz CT molecular complexity index is 1060. The fourth-order valence-corrected chi connectivity index (χ4v) is 4.95. The second-order valence-corrected chi connectivity index (χ2v) is 9.04. The second-order valence-electron chi connectivity index (χ2n) is 9.04. The van der Waals surface area contributed by atoms with Crippen molar-refractivity contribution in [2.75, 3.05) is 19.6 Å². The van der Waals surface area contributed by atoms with E-state index in [1.807, 2.05) is 29.4 Å². The lowest BCUT2D eigenvalue weighted by molar-refractivity contribution is -0.138. The Morgan fingerprint density at radius 1 is 1.00 bits per heavy atom. The number of rotatable bonds is 6. The average Bonchev–Trinajstić information content (AvgIpc) is 3.51. The summed E-state index contributed by atoms with van der Waals surface area (Å²) in [5, 5.41) is 7.44. The van der Waals surface area contributed by atoms with Crippen molar-refractivity contribution < 1.29 is 9.18 Å². The summed E-state index contributed by atoms with van der Waals surface area (Å²) in [5.41, 5.74) is 2.23. The van der Waals surface area contributed by atoms with Gasteiger partial charge in [-0.25, -0.2) is 9.37 Å². The molecule has 2 saturated heterocycles. The van der Waals surface area contributed by atoms with Crippen LogP contribution < -0.4 is 0 Å². The number of nitrogens with one attached hydrogen (secondary N) is 1. The van der Waals surface area contributed by atoms with Gasteiger partial charge in [0.1, 0.15) is 11.6 Å². The molecule has 0 bridgehead atoms. The van der Waals surface area contributed by atoms with E-state index in [1.54, 1.807) is 12.1 Å². The SMILES string of the molecule is O=C(C1CCN(Cc2ccncc2)CC1)N1CCCC1c1n[nH]c(Cc2ccc(F)cc2)n1. The first kappa shape index (κ1) is 21.7. The van der Waals surface area contributed by atoms with Crippen molar-refractivity contribution >= 4 is 5.91 Å². The number of pyridine rings is 1. The highest BCUT2D eigenvalue weighted by Gasteiger charge is 2.37. The summed E-state index contributed by atoms with van der Waals surface area (Å²) in [4.78, 5) is 26.5. The Morgan fingerprint density at radius 2 is 1.76 bits per heavy atom. The maximum Gasteiger partial charge on any atom is 0.226 e.